The van der Waals surface area contributed by atoms with Crippen LogP contribution < -0.4 is 0 Å². The molecule has 33 heavy (non-hydrogen) atoms. The van der Waals surface area contributed by atoms with E-state index < -0.39 is 11.7 Å². The van der Waals surface area contributed by atoms with Crippen molar-refractivity contribution < 1.29 is 14.0 Å². The smallest absolute Gasteiger partial charge is 0.277 e. The topological polar surface area (TPSA) is 53.0 Å². The third-order valence-electron chi connectivity index (χ3n) is 6.17. The molecule has 0 spiro atoms. The van der Waals surface area contributed by atoms with Crippen LogP contribution in [0.5, 0.6) is 0 Å². The standard InChI is InChI=1S/C26H21ClFN3O2/c27-19-8-5-17(6-9-19)20-3-1-2-4-22(20)26(33)31-13-11-30(12-14-31)16-18-7-10-21-23(24(18)28)15-29-25(21)32/h1-10,15H,11-14,16H2. The molecule has 7 heteroatoms. The Bertz CT molecular complexity index is 1270. The third-order valence-corrected chi connectivity index (χ3v) is 6.42. The molecule has 0 bridgehead atoms. The van der Waals surface area contributed by atoms with Gasteiger partial charge in [-0.15, -0.1) is 0 Å². The fourth-order valence-electron chi connectivity index (χ4n) is 4.34. The van der Waals surface area contributed by atoms with Crippen molar-refractivity contribution in [2.45, 2.75) is 6.54 Å². The van der Waals surface area contributed by atoms with Crippen molar-refractivity contribution >= 4 is 29.6 Å². The molecule has 0 unspecified atom stereocenters. The highest BCUT2D eigenvalue weighted by Gasteiger charge is 2.26. The minimum Gasteiger partial charge on any atom is -0.336 e. The summed E-state index contributed by atoms with van der Waals surface area (Å²) in [7, 11) is 0. The quantitative estimate of drug-likeness (QED) is 0.567. The van der Waals surface area contributed by atoms with Crippen LogP contribution in [0.1, 0.15) is 31.8 Å². The summed E-state index contributed by atoms with van der Waals surface area (Å²) in [6, 6.07) is 18.3. The van der Waals surface area contributed by atoms with Gasteiger partial charge in [-0.2, -0.15) is 0 Å². The Balaban J connectivity index is 1.27. The van der Waals surface area contributed by atoms with Crippen LogP contribution >= 0.6 is 11.6 Å². The number of fused-ring (bicyclic) bond motifs is 1. The van der Waals surface area contributed by atoms with Crippen molar-refractivity contribution in [2.75, 3.05) is 26.2 Å². The highest BCUT2D eigenvalue weighted by atomic mass is 35.5. The Morgan fingerprint density at radius 2 is 1.67 bits per heavy atom. The number of carbonyl (C=O) groups excluding carboxylic acids is 2. The Kier molecular flexibility index (Phi) is 5.79. The van der Waals surface area contributed by atoms with Crippen molar-refractivity contribution in [1.82, 2.24) is 9.80 Å². The van der Waals surface area contributed by atoms with Gasteiger partial charge in [-0.1, -0.05) is 48.0 Å². The monoisotopic (exact) mass is 461 g/mol. The highest BCUT2D eigenvalue weighted by Crippen LogP contribution is 2.27. The van der Waals surface area contributed by atoms with Crippen LogP contribution in [0, 0.1) is 5.82 Å². The summed E-state index contributed by atoms with van der Waals surface area (Å²) in [5.41, 5.74) is 3.58. The van der Waals surface area contributed by atoms with Crippen molar-refractivity contribution in [1.29, 1.82) is 0 Å². The van der Waals surface area contributed by atoms with Gasteiger partial charge in [-0.05, 0) is 35.4 Å². The van der Waals surface area contributed by atoms with Gasteiger partial charge < -0.3 is 4.90 Å². The number of halogens is 2. The van der Waals surface area contributed by atoms with Gasteiger partial charge in [0.1, 0.15) is 5.82 Å². The number of rotatable bonds is 4. The summed E-state index contributed by atoms with van der Waals surface area (Å²) in [6.07, 6.45) is 1.30. The number of aliphatic imine (C=N–C) groups is 1. The summed E-state index contributed by atoms with van der Waals surface area (Å²) in [5, 5.41) is 0.650. The molecule has 3 aromatic rings. The largest absolute Gasteiger partial charge is 0.336 e. The molecule has 0 radical (unpaired) electrons. The molecular weight excluding hydrogens is 441 g/mol. The number of hydrogen-bond donors (Lipinski definition) is 0. The van der Waals surface area contributed by atoms with Crippen LogP contribution in [0.4, 0.5) is 4.39 Å². The van der Waals surface area contributed by atoms with E-state index in [0.29, 0.717) is 54.4 Å². The van der Waals surface area contributed by atoms with Crippen LogP contribution in [-0.4, -0.2) is 54.0 Å². The Morgan fingerprint density at radius 3 is 2.42 bits per heavy atom. The second-order valence-corrected chi connectivity index (χ2v) is 8.62. The molecular formula is C26H21ClFN3O2. The molecule has 2 aliphatic rings. The van der Waals surface area contributed by atoms with Crippen molar-refractivity contribution in [3.8, 4) is 11.1 Å². The number of benzene rings is 3. The van der Waals surface area contributed by atoms with Crippen LogP contribution in [0.25, 0.3) is 11.1 Å². The molecule has 5 rings (SSSR count). The van der Waals surface area contributed by atoms with E-state index >= 15 is 0 Å². The normalized spacial score (nSPS) is 15.7. The zero-order valence-electron chi connectivity index (χ0n) is 17.8. The molecule has 1 saturated heterocycles. The van der Waals surface area contributed by atoms with Crippen LogP contribution in [0.15, 0.2) is 65.7 Å². The summed E-state index contributed by atoms with van der Waals surface area (Å²) in [6.45, 7) is 2.81. The maximum atomic E-state index is 14.8. The Morgan fingerprint density at radius 1 is 0.939 bits per heavy atom. The van der Waals surface area contributed by atoms with E-state index in [9.17, 15) is 14.0 Å². The molecule has 2 amide bonds. The average molecular weight is 462 g/mol. The van der Waals surface area contributed by atoms with Gasteiger partial charge in [-0.25, -0.2) is 9.38 Å². The second kappa shape index (κ2) is 8.89. The average Bonchev–Trinajstić information content (AvgIpc) is 3.23. The van der Waals surface area contributed by atoms with Crippen LogP contribution in [0.3, 0.4) is 0 Å². The number of piperazine rings is 1. The number of carbonyl (C=O) groups is 2. The van der Waals surface area contributed by atoms with E-state index in [2.05, 4.69) is 9.89 Å². The lowest BCUT2D eigenvalue weighted by molar-refractivity contribution is 0.0627. The number of hydrogen-bond acceptors (Lipinski definition) is 3. The lowest BCUT2D eigenvalue weighted by Gasteiger charge is -2.35. The molecule has 0 aliphatic carbocycles. The minimum absolute atomic E-state index is 0.0152. The van der Waals surface area contributed by atoms with Gasteiger partial charge in [0.05, 0.1) is 5.56 Å². The maximum absolute atomic E-state index is 14.8. The first-order chi connectivity index (χ1) is 16.0. The van der Waals surface area contributed by atoms with Crippen molar-refractivity contribution in [2.24, 2.45) is 4.99 Å². The van der Waals surface area contributed by atoms with E-state index in [0.717, 1.165) is 11.1 Å². The van der Waals surface area contributed by atoms with E-state index in [-0.39, 0.29) is 11.5 Å². The van der Waals surface area contributed by atoms with Gasteiger partial charge in [0.15, 0.2) is 0 Å². The Labute approximate surface area is 196 Å². The highest BCUT2D eigenvalue weighted by molar-refractivity contribution is 6.30. The van der Waals surface area contributed by atoms with Crippen LogP contribution in [-0.2, 0) is 6.54 Å². The summed E-state index contributed by atoms with van der Waals surface area (Å²) in [4.78, 5) is 32.6. The summed E-state index contributed by atoms with van der Waals surface area (Å²) >= 11 is 6.01. The lowest BCUT2D eigenvalue weighted by atomic mass is 9.98. The van der Waals surface area contributed by atoms with E-state index in [1.807, 2.05) is 53.4 Å². The zero-order valence-corrected chi connectivity index (χ0v) is 18.6. The lowest BCUT2D eigenvalue weighted by Crippen LogP contribution is -2.48. The molecule has 2 heterocycles. The SMILES string of the molecule is O=C1N=Cc2c1ccc(CN1CCN(C(=O)c3ccccc3-c3ccc(Cl)cc3)CC1)c2F. The van der Waals surface area contributed by atoms with E-state index in [1.165, 1.54) is 6.21 Å². The molecule has 166 valence electrons. The van der Waals surface area contributed by atoms with E-state index in [4.69, 9.17) is 11.6 Å². The molecule has 1 fully saturated rings. The zero-order chi connectivity index (χ0) is 22.9. The van der Waals surface area contributed by atoms with Crippen molar-refractivity contribution in [3.63, 3.8) is 0 Å². The van der Waals surface area contributed by atoms with Gasteiger partial charge in [0, 0.05) is 60.7 Å². The molecule has 5 nitrogen and oxygen atoms in total. The molecule has 0 atom stereocenters. The maximum Gasteiger partial charge on any atom is 0.277 e. The first-order valence-electron chi connectivity index (χ1n) is 10.8. The first-order valence-corrected chi connectivity index (χ1v) is 11.2. The molecule has 0 N–H and O–H groups in total. The number of nitrogens with zero attached hydrogens (tertiary/aromatic N) is 3. The molecule has 0 saturated carbocycles. The summed E-state index contributed by atoms with van der Waals surface area (Å²) < 4.78 is 14.8. The fraction of sp³-hybridized carbons (Fsp3) is 0.192. The first kappa shape index (κ1) is 21.5. The van der Waals surface area contributed by atoms with Crippen LogP contribution in [0.2, 0.25) is 5.02 Å². The summed E-state index contributed by atoms with van der Waals surface area (Å²) in [5.74, 6) is -0.808. The molecule has 3 aromatic carbocycles. The minimum atomic E-state index is -0.401. The predicted molar refractivity (Wildman–Crippen MR) is 126 cm³/mol. The third kappa shape index (κ3) is 4.19. The number of amides is 2. The van der Waals surface area contributed by atoms with Gasteiger partial charge in [0.25, 0.3) is 11.8 Å². The van der Waals surface area contributed by atoms with Gasteiger partial charge >= 0.3 is 0 Å². The molecule has 2 aliphatic heterocycles. The second-order valence-electron chi connectivity index (χ2n) is 8.18. The van der Waals surface area contributed by atoms with Gasteiger partial charge in [0.2, 0.25) is 0 Å². The Hall–Kier alpha value is -3.35. The molecule has 0 aromatic heterocycles. The van der Waals surface area contributed by atoms with E-state index in [1.54, 1.807) is 12.1 Å². The van der Waals surface area contributed by atoms with Crippen molar-refractivity contribution in [3.05, 3.63) is 93.8 Å². The van der Waals surface area contributed by atoms with Gasteiger partial charge in [-0.3, -0.25) is 14.5 Å². The fourth-order valence-corrected chi connectivity index (χ4v) is 4.46. The predicted octanol–water partition coefficient (Wildman–Crippen LogP) is 4.68.